The van der Waals surface area contributed by atoms with Gasteiger partial charge in [-0.15, -0.1) is 0 Å². The van der Waals surface area contributed by atoms with Gasteiger partial charge in [0.2, 0.25) is 15.9 Å². The van der Waals surface area contributed by atoms with Crippen molar-refractivity contribution < 1.29 is 17.9 Å². The first-order valence-electron chi connectivity index (χ1n) is 17.3. The maximum atomic E-state index is 13.5. The first-order valence-corrected chi connectivity index (χ1v) is 18.7. The van der Waals surface area contributed by atoms with Gasteiger partial charge in [0.15, 0.2) is 5.82 Å². The maximum Gasteiger partial charge on any atom is 0.249 e. The number of ether oxygens (including phenoxy) is 1. The van der Waals surface area contributed by atoms with Crippen LogP contribution >= 0.6 is 0 Å². The lowest BCUT2D eigenvalue weighted by Gasteiger charge is -2.44. The van der Waals surface area contributed by atoms with Crippen LogP contribution < -0.4 is 19.8 Å². The number of carbonyl (C=O) groups is 1. The summed E-state index contributed by atoms with van der Waals surface area (Å²) in [7, 11) is -1.89. The van der Waals surface area contributed by atoms with Gasteiger partial charge < -0.3 is 24.8 Å². The average Bonchev–Trinajstić information content (AvgIpc) is 3.89. The van der Waals surface area contributed by atoms with Crippen LogP contribution in [0.3, 0.4) is 0 Å². The third kappa shape index (κ3) is 6.92. The van der Waals surface area contributed by atoms with Crippen LogP contribution in [-0.2, 0) is 19.6 Å². The number of sulfonamides is 1. The molecule has 46 heavy (non-hydrogen) atoms. The van der Waals surface area contributed by atoms with Crippen LogP contribution in [-0.4, -0.2) is 106 Å². The highest BCUT2D eigenvalue weighted by Crippen LogP contribution is 2.38. The summed E-state index contributed by atoms with van der Waals surface area (Å²) in [6.45, 7) is 9.14. The van der Waals surface area contributed by atoms with Crippen LogP contribution in [0.15, 0.2) is 41.3 Å². The quantitative estimate of drug-likeness (QED) is 0.419. The Kier molecular flexibility index (Phi) is 9.26. The highest BCUT2D eigenvalue weighted by atomic mass is 32.2. The molecule has 0 unspecified atom stereocenters. The zero-order chi connectivity index (χ0) is 31.8. The molecule has 1 amide bonds. The van der Waals surface area contributed by atoms with Crippen molar-refractivity contribution in [3.63, 3.8) is 0 Å². The molecule has 2 aliphatic carbocycles. The lowest BCUT2D eigenvalue weighted by Crippen LogP contribution is -2.56. The van der Waals surface area contributed by atoms with Crippen molar-refractivity contribution in [2.45, 2.75) is 87.4 Å². The van der Waals surface area contributed by atoms with E-state index in [-0.39, 0.29) is 28.9 Å². The first-order chi connectivity index (χ1) is 22.2. The van der Waals surface area contributed by atoms with Crippen LogP contribution in [0, 0.1) is 5.92 Å². The Labute approximate surface area is 273 Å². The minimum atomic E-state index is -3.68. The number of nitrogens with zero attached hydrogens (tertiary/aromatic N) is 5. The Morgan fingerprint density at radius 1 is 0.913 bits per heavy atom. The van der Waals surface area contributed by atoms with Crippen LogP contribution in [0.25, 0.3) is 0 Å². The summed E-state index contributed by atoms with van der Waals surface area (Å²) < 4.78 is 35.6. The Hall–Kier alpha value is -2.77. The van der Waals surface area contributed by atoms with Gasteiger partial charge in [0.05, 0.1) is 10.6 Å². The topological polar surface area (TPSA) is 110 Å². The van der Waals surface area contributed by atoms with E-state index < -0.39 is 10.0 Å². The number of benzene rings is 1. The second-order valence-electron chi connectivity index (χ2n) is 13.9. The number of aromatic nitrogens is 1. The largest absolute Gasteiger partial charge is 0.381 e. The predicted octanol–water partition coefficient (Wildman–Crippen LogP) is 3.79. The van der Waals surface area contributed by atoms with Gasteiger partial charge in [-0.2, -0.15) is 0 Å². The summed E-state index contributed by atoms with van der Waals surface area (Å²) in [6.07, 6.45) is 8.29. The molecule has 5 aliphatic rings. The van der Waals surface area contributed by atoms with Crippen LogP contribution in [0.2, 0.25) is 0 Å². The summed E-state index contributed by atoms with van der Waals surface area (Å²) in [6, 6.07) is 11.0. The van der Waals surface area contributed by atoms with Gasteiger partial charge in [0.1, 0.15) is 11.9 Å². The lowest BCUT2D eigenvalue weighted by atomic mass is 9.90. The Bertz CT molecular complexity index is 1500. The summed E-state index contributed by atoms with van der Waals surface area (Å²) in [5.41, 5.74) is 1.41. The molecule has 2 aromatic rings. The molecule has 2 saturated carbocycles. The third-order valence-electron chi connectivity index (χ3n) is 10.7. The molecule has 4 fully saturated rings. The molecule has 0 radical (unpaired) electrons. The molecule has 12 heteroatoms. The highest BCUT2D eigenvalue weighted by Gasteiger charge is 2.39. The second-order valence-corrected chi connectivity index (χ2v) is 15.6. The van der Waals surface area contributed by atoms with E-state index in [0.29, 0.717) is 30.8 Å². The number of hydrogen-bond donors (Lipinski definition) is 2. The first kappa shape index (κ1) is 31.8. The van der Waals surface area contributed by atoms with Gasteiger partial charge in [-0.3, -0.25) is 9.69 Å². The monoisotopic (exact) mass is 651 g/mol. The number of anilines is 4. The summed E-state index contributed by atoms with van der Waals surface area (Å²) >= 11 is 0. The molecule has 1 aromatic carbocycles. The molecule has 1 aromatic heterocycles. The molecule has 3 aliphatic heterocycles. The number of carbonyl (C=O) groups excluding carboxylic acids is 1. The zero-order valence-corrected chi connectivity index (χ0v) is 28.1. The highest BCUT2D eigenvalue weighted by molar-refractivity contribution is 7.89. The fourth-order valence-electron chi connectivity index (χ4n) is 7.83. The molecular formula is C34H49N7O4S. The van der Waals surface area contributed by atoms with Gasteiger partial charge in [0.25, 0.3) is 0 Å². The number of pyridine rings is 1. The van der Waals surface area contributed by atoms with Crippen LogP contribution in [0.5, 0.6) is 0 Å². The fourth-order valence-corrected chi connectivity index (χ4v) is 9.18. The SMILES string of the molecule is C[C@H]1C(=O)N(C)c2ccc(Nc3cccc(S(=O)(=O)N[C@H]4CC[C@H](N5CCN(CC6CC6)CC5)CC4)c3)nc2N1C1CCOCC1. The number of nitrogens with one attached hydrogen (secondary N) is 2. The van der Waals surface area contributed by atoms with Crippen molar-refractivity contribution in [2.75, 3.05) is 68.1 Å². The molecule has 250 valence electrons. The van der Waals surface area contributed by atoms with Crippen LogP contribution in [0.4, 0.5) is 23.0 Å². The van der Waals surface area contributed by atoms with E-state index >= 15 is 0 Å². The normalized spacial score (nSPS) is 27.1. The molecule has 7 rings (SSSR count). The molecule has 11 nitrogen and oxygen atoms in total. The summed E-state index contributed by atoms with van der Waals surface area (Å²) in [4.78, 5) is 27.3. The van der Waals surface area contributed by atoms with Crippen molar-refractivity contribution >= 4 is 38.9 Å². The third-order valence-corrected chi connectivity index (χ3v) is 12.2. The molecule has 1 atom stereocenters. The van der Waals surface area contributed by atoms with E-state index in [4.69, 9.17) is 9.72 Å². The predicted molar refractivity (Wildman–Crippen MR) is 180 cm³/mol. The molecule has 0 bridgehead atoms. The van der Waals surface area contributed by atoms with Crippen molar-refractivity contribution in [1.82, 2.24) is 19.5 Å². The molecule has 4 heterocycles. The van der Waals surface area contributed by atoms with Crippen LogP contribution in [0.1, 0.15) is 58.3 Å². The van der Waals surface area contributed by atoms with Crippen molar-refractivity contribution in [3.8, 4) is 0 Å². The maximum absolute atomic E-state index is 13.5. The smallest absolute Gasteiger partial charge is 0.249 e. The molecule has 2 N–H and O–H groups in total. The van der Waals surface area contributed by atoms with Gasteiger partial charge in [-0.25, -0.2) is 18.1 Å². The average molecular weight is 652 g/mol. The van der Waals surface area contributed by atoms with E-state index in [1.54, 1.807) is 30.1 Å². The number of fused-ring (bicyclic) bond motifs is 1. The van der Waals surface area contributed by atoms with Gasteiger partial charge in [-0.1, -0.05) is 6.07 Å². The Balaban J connectivity index is 0.981. The zero-order valence-electron chi connectivity index (χ0n) is 27.2. The summed E-state index contributed by atoms with van der Waals surface area (Å²) in [5, 5.41) is 3.33. The van der Waals surface area contributed by atoms with E-state index in [2.05, 4.69) is 24.7 Å². The van der Waals surface area contributed by atoms with E-state index in [0.717, 1.165) is 69.0 Å². The minimum absolute atomic E-state index is 0.0439. The number of rotatable bonds is 9. The van der Waals surface area contributed by atoms with Gasteiger partial charge in [0, 0.05) is 76.8 Å². The molecule has 2 saturated heterocycles. The van der Waals surface area contributed by atoms with E-state index in [1.807, 2.05) is 25.1 Å². The fraction of sp³-hybridized carbons (Fsp3) is 0.647. The van der Waals surface area contributed by atoms with E-state index in [1.165, 1.54) is 32.5 Å². The minimum Gasteiger partial charge on any atom is -0.381 e. The van der Waals surface area contributed by atoms with Gasteiger partial charge >= 0.3 is 0 Å². The molecule has 0 spiro atoms. The van der Waals surface area contributed by atoms with Gasteiger partial charge in [-0.05, 0) is 94.5 Å². The Morgan fingerprint density at radius 2 is 1.65 bits per heavy atom. The number of likely N-dealkylation sites (N-methyl/N-ethyl adjacent to an activating group) is 1. The van der Waals surface area contributed by atoms with Crippen molar-refractivity contribution in [2.24, 2.45) is 5.92 Å². The summed E-state index contributed by atoms with van der Waals surface area (Å²) in [5.74, 6) is 2.34. The Morgan fingerprint density at radius 3 is 2.37 bits per heavy atom. The number of amides is 1. The number of piperazine rings is 1. The van der Waals surface area contributed by atoms with E-state index in [9.17, 15) is 13.2 Å². The molecular weight excluding hydrogens is 602 g/mol. The standard InChI is InChI=1S/C34H49N7O4S/c1-24-34(42)38(2)31-12-13-32(36-33(31)41(24)29-14-20-45-21-15-29)35-27-4-3-5-30(22-27)46(43,44)37-26-8-10-28(11-9-26)40-18-16-39(17-19-40)23-25-6-7-25/h3-5,12-13,22,24-26,28-29,37H,6-11,14-21,23H2,1-2H3,(H,35,36)/t24-,26-,28-/m0/s1. The van der Waals surface area contributed by atoms with Crippen molar-refractivity contribution in [3.05, 3.63) is 36.4 Å². The van der Waals surface area contributed by atoms with Crippen molar-refractivity contribution in [1.29, 1.82) is 0 Å². The number of hydrogen-bond acceptors (Lipinski definition) is 9. The lowest BCUT2D eigenvalue weighted by molar-refractivity contribution is -0.119. The second kappa shape index (κ2) is 13.4.